The van der Waals surface area contributed by atoms with Crippen LogP contribution in [0, 0.1) is 0 Å². The van der Waals surface area contributed by atoms with Crippen molar-refractivity contribution in [3.63, 3.8) is 0 Å². The van der Waals surface area contributed by atoms with E-state index in [1.807, 2.05) is 6.92 Å². The molecule has 0 saturated carbocycles. The van der Waals surface area contributed by atoms with Crippen LogP contribution in [-0.2, 0) is 6.18 Å². The molecule has 0 radical (unpaired) electrons. The van der Waals surface area contributed by atoms with Gasteiger partial charge in [0, 0.05) is 37.2 Å². The van der Waals surface area contributed by atoms with E-state index in [9.17, 15) is 13.2 Å². The van der Waals surface area contributed by atoms with Gasteiger partial charge in [0.2, 0.25) is 0 Å². The molecular formula is C13H16ClF3N2. The van der Waals surface area contributed by atoms with Gasteiger partial charge in [-0.05, 0) is 30.7 Å². The average molecular weight is 293 g/mol. The summed E-state index contributed by atoms with van der Waals surface area (Å²) in [6.45, 7) is 5.29. The molecule has 0 amide bonds. The molecule has 106 valence electrons. The highest BCUT2D eigenvalue weighted by Gasteiger charge is 2.32. The molecule has 1 atom stereocenters. The van der Waals surface area contributed by atoms with E-state index in [0.717, 1.165) is 32.2 Å². The first kappa shape index (κ1) is 14.6. The fourth-order valence-corrected chi connectivity index (χ4v) is 2.54. The van der Waals surface area contributed by atoms with Gasteiger partial charge < -0.3 is 5.32 Å². The molecular weight excluding hydrogens is 277 g/mol. The monoisotopic (exact) mass is 292 g/mol. The van der Waals surface area contributed by atoms with Gasteiger partial charge in [-0.3, -0.25) is 4.90 Å². The zero-order valence-corrected chi connectivity index (χ0v) is 11.4. The average Bonchev–Trinajstić information content (AvgIpc) is 2.37. The number of halogens is 4. The first-order chi connectivity index (χ1) is 8.88. The molecule has 1 N–H and O–H groups in total. The van der Waals surface area contributed by atoms with E-state index in [2.05, 4.69) is 10.2 Å². The van der Waals surface area contributed by atoms with Crippen molar-refractivity contribution in [3.8, 4) is 0 Å². The molecule has 1 saturated heterocycles. The van der Waals surface area contributed by atoms with Gasteiger partial charge in [0.05, 0.1) is 5.56 Å². The van der Waals surface area contributed by atoms with Gasteiger partial charge in [-0.15, -0.1) is 0 Å². The number of nitrogens with zero attached hydrogens (tertiary/aromatic N) is 1. The van der Waals surface area contributed by atoms with Crippen molar-refractivity contribution < 1.29 is 13.2 Å². The van der Waals surface area contributed by atoms with E-state index < -0.39 is 11.7 Å². The Hall–Kier alpha value is -0.780. The van der Waals surface area contributed by atoms with Crippen LogP contribution in [0.15, 0.2) is 18.2 Å². The summed E-state index contributed by atoms with van der Waals surface area (Å²) in [7, 11) is 0. The van der Waals surface area contributed by atoms with Gasteiger partial charge >= 0.3 is 6.18 Å². The lowest BCUT2D eigenvalue weighted by Gasteiger charge is -2.33. The largest absolute Gasteiger partial charge is 0.416 e. The first-order valence-electron chi connectivity index (χ1n) is 6.20. The molecule has 6 heteroatoms. The van der Waals surface area contributed by atoms with E-state index in [4.69, 9.17) is 11.6 Å². The Balaban J connectivity index is 2.26. The lowest BCUT2D eigenvalue weighted by atomic mass is 10.0. The van der Waals surface area contributed by atoms with Crippen LogP contribution in [0.1, 0.15) is 24.1 Å². The highest BCUT2D eigenvalue weighted by atomic mass is 35.5. The van der Waals surface area contributed by atoms with Crippen LogP contribution in [0.4, 0.5) is 13.2 Å². The molecule has 1 aliphatic rings. The molecule has 0 aliphatic carbocycles. The third-order valence-corrected chi connectivity index (χ3v) is 3.65. The van der Waals surface area contributed by atoms with Crippen LogP contribution in [-0.4, -0.2) is 31.1 Å². The van der Waals surface area contributed by atoms with Gasteiger partial charge in [-0.25, -0.2) is 0 Å². The Labute approximate surface area is 115 Å². The third kappa shape index (κ3) is 3.61. The van der Waals surface area contributed by atoms with Crippen LogP contribution in [0.3, 0.4) is 0 Å². The molecule has 0 spiro atoms. The maximum Gasteiger partial charge on any atom is 0.416 e. The van der Waals surface area contributed by atoms with Crippen molar-refractivity contribution in [1.82, 2.24) is 10.2 Å². The zero-order chi connectivity index (χ0) is 14.0. The number of benzene rings is 1. The minimum Gasteiger partial charge on any atom is -0.314 e. The fourth-order valence-electron chi connectivity index (χ4n) is 2.30. The molecule has 1 aliphatic heterocycles. The Kier molecular flexibility index (Phi) is 4.38. The lowest BCUT2D eigenvalue weighted by Crippen LogP contribution is -2.44. The van der Waals surface area contributed by atoms with Gasteiger partial charge in [0.15, 0.2) is 0 Å². The second-order valence-corrected chi connectivity index (χ2v) is 5.17. The summed E-state index contributed by atoms with van der Waals surface area (Å²) < 4.78 is 38.3. The standard InChI is InChI=1S/C13H16ClF3N2/c1-9(19-4-2-18-3-5-19)10-6-11(13(15,16)17)8-12(14)7-10/h6-9,18H,2-5H2,1H3/t9-/m1/s1. The van der Waals surface area contributed by atoms with Crippen LogP contribution in [0.5, 0.6) is 0 Å². The Morgan fingerprint density at radius 1 is 1.21 bits per heavy atom. The van der Waals surface area contributed by atoms with Crippen LogP contribution >= 0.6 is 11.6 Å². The topological polar surface area (TPSA) is 15.3 Å². The molecule has 2 nitrogen and oxygen atoms in total. The highest BCUT2D eigenvalue weighted by Crippen LogP contribution is 2.34. The van der Waals surface area contributed by atoms with Crippen molar-refractivity contribution in [2.75, 3.05) is 26.2 Å². The van der Waals surface area contributed by atoms with E-state index in [-0.39, 0.29) is 11.1 Å². The number of rotatable bonds is 2. The Morgan fingerprint density at radius 3 is 2.42 bits per heavy atom. The Bertz CT molecular complexity index is 442. The van der Waals surface area contributed by atoms with Crippen LogP contribution in [0.2, 0.25) is 5.02 Å². The molecule has 0 unspecified atom stereocenters. The third-order valence-electron chi connectivity index (χ3n) is 3.43. The summed E-state index contributed by atoms with van der Waals surface area (Å²) >= 11 is 5.81. The van der Waals surface area contributed by atoms with Gasteiger partial charge in [0.25, 0.3) is 0 Å². The number of hydrogen-bond acceptors (Lipinski definition) is 2. The predicted molar refractivity (Wildman–Crippen MR) is 69.3 cm³/mol. The number of hydrogen-bond donors (Lipinski definition) is 1. The maximum atomic E-state index is 12.8. The van der Waals surface area contributed by atoms with Crippen LogP contribution < -0.4 is 5.32 Å². The minimum absolute atomic E-state index is 0.0677. The fraction of sp³-hybridized carbons (Fsp3) is 0.538. The van der Waals surface area contributed by atoms with Gasteiger partial charge in [-0.2, -0.15) is 13.2 Å². The van der Waals surface area contributed by atoms with E-state index in [0.29, 0.717) is 5.56 Å². The summed E-state index contributed by atoms with van der Waals surface area (Å²) in [6, 6.07) is 3.71. The van der Waals surface area contributed by atoms with Crippen molar-refractivity contribution >= 4 is 11.6 Å². The van der Waals surface area contributed by atoms with E-state index in [1.54, 1.807) is 6.07 Å². The van der Waals surface area contributed by atoms with Crippen LogP contribution in [0.25, 0.3) is 0 Å². The zero-order valence-electron chi connectivity index (χ0n) is 10.6. The number of nitrogens with one attached hydrogen (secondary N) is 1. The molecule has 1 heterocycles. The first-order valence-corrected chi connectivity index (χ1v) is 6.58. The van der Waals surface area contributed by atoms with Gasteiger partial charge in [-0.1, -0.05) is 11.6 Å². The molecule has 2 rings (SSSR count). The van der Waals surface area contributed by atoms with Crippen molar-refractivity contribution in [2.24, 2.45) is 0 Å². The summed E-state index contributed by atoms with van der Waals surface area (Å²) in [5.41, 5.74) is -0.0706. The molecule has 1 fully saturated rings. The SMILES string of the molecule is C[C@H](c1cc(Cl)cc(C(F)(F)F)c1)N1CCNCC1. The van der Waals surface area contributed by atoms with Crippen molar-refractivity contribution in [2.45, 2.75) is 19.1 Å². The normalized spacial score (nSPS) is 19.4. The van der Waals surface area contributed by atoms with Crippen molar-refractivity contribution in [1.29, 1.82) is 0 Å². The smallest absolute Gasteiger partial charge is 0.314 e. The van der Waals surface area contributed by atoms with E-state index in [1.165, 1.54) is 6.07 Å². The lowest BCUT2D eigenvalue weighted by molar-refractivity contribution is -0.137. The second-order valence-electron chi connectivity index (χ2n) is 4.73. The molecule has 1 aromatic rings. The summed E-state index contributed by atoms with van der Waals surface area (Å²) in [6.07, 6.45) is -4.36. The quantitative estimate of drug-likeness (QED) is 0.899. The summed E-state index contributed by atoms with van der Waals surface area (Å²) in [5, 5.41) is 3.35. The number of alkyl halides is 3. The number of piperazine rings is 1. The molecule has 19 heavy (non-hydrogen) atoms. The van der Waals surface area contributed by atoms with Crippen molar-refractivity contribution in [3.05, 3.63) is 34.3 Å². The van der Waals surface area contributed by atoms with E-state index >= 15 is 0 Å². The summed E-state index contributed by atoms with van der Waals surface area (Å²) in [4.78, 5) is 2.16. The molecule has 0 bridgehead atoms. The minimum atomic E-state index is -4.36. The van der Waals surface area contributed by atoms with Gasteiger partial charge in [0.1, 0.15) is 0 Å². The maximum absolute atomic E-state index is 12.8. The Morgan fingerprint density at radius 2 is 1.84 bits per heavy atom. The summed E-state index contributed by atoms with van der Waals surface area (Å²) in [5.74, 6) is 0. The highest BCUT2D eigenvalue weighted by molar-refractivity contribution is 6.30. The predicted octanol–water partition coefficient (Wildman–Crippen LogP) is 3.33. The molecule has 0 aromatic heterocycles. The second kappa shape index (κ2) is 5.69. The molecule has 1 aromatic carbocycles.